The van der Waals surface area contributed by atoms with Crippen LogP contribution in [0.1, 0.15) is 0 Å². The number of halogens is 1. The number of hydrogen-bond donors (Lipinski definition) is 1. The fourth-order valence-electron chi connectivity index (χ4n) is 2.20. The maximum atomic E-state index is 12.8. The molecule has 0 aliphatic heterocycles. The van der Waals surface area contributed by atoms with Crippen LogP contribution in [0.5, 0.6) is 17.2 Å². The van der Waals surface area contributed by atoms with Gasteiger partial charge in [-0.05, 0) is 42.5 Å². The maximum Gasteiger partial charge on any atom is 0.264 e. The lowest BCUT2D eigenvalue weighted by molar-refractivity contribution is -0.118. The Hall–Kier alpha value is -3.20. The zero-order chi connectivity index (χ0) is 19.2. The van der Waals surface area contributed by atoms with Gasteiger partial charge in [0.25, 0.3) is 5.91 Å². The molecule has 0 spiro atoms. The van der Waals surface area contributed by atoms with Crippen LogP contribution in [-0.4, -0.2) is 36.1 Å². The Kier molecular flexibility index (Phi) is 5.82. The molecule has 1 heterocycles. The molecule has 3 aromatic rings. The zero-order valence-corrected chi connectivity index (χ0v) is 15.4. The molecular weight excluding hydrogens is 373 g/mol. The van der Waals surface area contributed by atoms with Crippen molar-refractivity contribution < 1.29 is 23.4 Å². The minimum Gasteiger partial charge on any atom is -0.493 e. The van der Waals surface area contributed by atoms with Crippen LogP contribution < -0.4 is 19.5 Å². The van der Waals surface area contributed by atoms with Crippen LogP contribution in [0, 0.1) is 5.82 Å². The SMILES string of the molecule is COc1ccc(-c2nsc(NC(=O)COc3ccc(F)cc3)n2)cc1OC. The molecule has 3 rings (SSSR count). The lowest BCUT2D eigenvalue weighted by Crippen LogP contribution is -2.20. The molecule has 1 N–H and O–H groups in total. The summed E-state index contributed by atoms with van der Waals surface area (Å²) in [6.45, 7) is -0.225. The van der Waals surface area contributed by atoms with Crippen LogP contribution in [0.2, 0.25) is 0 Å². The van der Waals surface area contributed by atoms with Gasteiger partial charge in [0, 0.05) is 17.1 Å². The van der Waals surface area contributed by atoms with Gasteiger partial charge >= 0.3 is 0 Å². The number of nitrogens with zero attached hydrogens (tertiary/aromatic N) is 2. The number of aromatic nitrogens is 2. The first kappa shape index (κ1) is 18.6. The van der Waals surface area contributed by atoms with E-state index in [9.17, 15) is 9.18 Å². The fraction of sp³-hybridized carbons (Fsp3) is 0.167. The largest absolute Gasteiger partial charge is 0.493 e. The van der Waals surface area contributed by atoms with Gasteiger partial charge in [0.05, 0.1) is 14.2 Å². The number of rotatable bonds is 7. The predicted molar refractivity (Wildman–Crippen MR) is 99.0 cm³/mol. The van der Waals surface area contributed by atoms with E-state index in [0.717, 1.165) is 17.1 Å². The molecule has 7 nitrogen and oxygen atoms in total. The summed E-state index contributed by atoms with van der Waals surface area (Å²) in [6, 6.07) is 10.7. The van der Waals surface area contributed by atoms with Crippen molar-refractivity contribution in [3.8, 4) is 28.6 Å². The van der Waals surface area contributed by atoms with Gasteiger partial charge in [-0.1, -0.05) is 0 Å². The van der Waals surface area contributed by atoms with E-state index in [1.54, 1.807) is 32.4 Å². The van der Waals surface area contributed by atoms with Crippen molar-refractivity contribution in [2.45, 2.75) is 0 Å². The van der Waals surface area contributed by atoms with Crippen LogP contribution in [0.25, 0.3) is 11.4 Å². The molecule has 140 valence electrons. The standard InChI is InChI=1S/C18H16FN3O4S/c1-24-14-8-3-11(9-15(14)25-2)17-21-18(27-22-17)20-16(23)10-26-13-6-4-12(19)5-7-13/h3-9H,10H2,1-2H3,(H,20,21,22,23). The molecule has 0 radical (unpaired) electrons. The molecule has 0 unspecified atom stereocenters. The second-order valence-electron chi connectivity index (χ2n) is 5.28. The summed E-state index contributed by atoms with van der Waals surface area (Å²) >= 11 is 1.05. The summed E-state index contributed by atoms with van der Waals surface area (Å²) in [5.41, 5.74) is 0.729. The average molecular weight is 389 g/mol. The number of anilines is 1. The van der Waals surface area contributed by atoms with Gasteiger partial charge in [-0.15, -0.1) is 0 Å². The first-order valence-corrected chi connectivity index (χ1v) is 8.60. The molecular formula is C18H16FN3O4S. The van der Waals surface area contributed by atoms with Gasteiger partial charge in [-0.25, -0.2) is 4.39 Å². The van der Waals surface area contributed by atoms with Gasteiger partial charge in [-0.3, -0.25) is 10.1 Å². The van der Waals surface area contributed by atoms with Gasteiger partial charge in [0.2, 0.25) is 5.13 Å². The summed E-state index contributed by atoms with van der Waals surface area (Å²) in [6.07, 6.45) is 0. The molecule has 0 saturated carbocycles. The predicted octanol–water partition coefficient (Wildman–Crippen LogP) is 3.38. The summed E-state index contributed by atoms with van der Waals surface area (Å²) in [7, 11) is 3.10. The molecule has 0 atom stereocenters. The van der Waals surface area contributed by atoms with E-state index in [0.29, 0.717) is 28.2 Å². The Morgan fingerprint density at radius 2 is 1.85 bits per heavy atom. The molecule has 27 heavy (non-hydrogen) atoms. The van der Waals surface area contributed by atoms with Gasteiger partial charge in [0.1, 0.15) is 11.6 Å². The number of hydrogen-bond acceptors (Lipinski definition) is 7. The van der Waals surface area contributed by atoms with Crippen molar-refractivity contribution in [3.05, 3.63) is 48.3 Å². The van der Waals surface area contributed by atoms with Crippen LogP contribution in [0.3, 0.4) is 0 Å². The van der Waals surface area contributed by atoms with E-state index in [1.807, 2.05) is 0 Å². The van der Waals surface area contributed by atoms with E-state index in [2.05, 4.69) is 14.7 Å². The summed E-state index contributed by atoms with van der Waals surface area (Å²) in [5.74, 6) is 1.24. The smallest absolute Gasteiger partial charge is 0.264 e. The van der Waals surface area contributed by atoms with Gasteiger partial charge in [-0.2, -0.15) is 9.36 Å². The molecule has 0 aliphatic carbocycles. The van der Waals surface area contributed by atoms with Crippen LogP contribution in [0.15, 0.2) is 42.5 Å². The molecule has 0 bridgehead atoms. The summed E-state index contributed by atoms with van der Waals surface area (Å²) < 4.78 is 32.8. The Morgan fingerprint density at radius 1 is 1.11 bits per heavy atom. The second kappa shape index (κ2) is 8.45. The Labute approximate surface area is 158 Å². The molecule has 9 heteroatoms. The number of carbonyl (C=O) groups is 1. The van der Waals surface area contributed by atoms with Gasteiger partial charge < -0.3 is 14.2 Å². The van der Waals surface area contributed by atoms with E-state index in [4.69, 9.17) is 14.2 Å². The molecule has 1 amide bonds. The average Bonchev–Trinajstić information content (AvgIpc) is 3.15. The Bertz CT molecular complexity index is 931. The third-order valence-electron chi connectivity index (χ3n) is 3.50. The fourth-order valence-corrected chi connectivity index (χ4v) is 2.81. The Balaban J connectivity index is 1.62. The lowest BCUT2D eigenvalue weighted by Gasteiger charge is -2.07. The topological polar surface area (TPSA) is 82.6 Å². The van der Waals surface area contributed by atoms with E-state index < -0.39 is 5.91 Å². The normalized spacial score (nSPS) is 10.3. The number of methoxy groups -OCH3 is 2. The second-order valence-corrected chi connectivity index (χ2v) is 6.04. The molecule has 0 saturated heterocycles. The van der Waals surface area contributed by atoms with Crippen molar-refractivity contribution in [2.24, 2.45) is 0 Å². The van der Waals surface area contributed by atoms with Crippen molar-refractivity contribution >= 4 is 22.6 Å². The minimum absolute atomic E-state index is 0.225. The maximum absolute atomic E-state index is 12.8. The first-order chi connectivity index (χ1) is 13.1. The number of nitrogens with one attached hydrogen (secondary N) is 1. The zero-order valence-electron chi connectivity index (χ0n) is 14.6. The van der Waals surface area contributed by atoms with E-state index in [-0.39, 0.29) is 12.4 Å². The monoisotopic (exact) mass is 389 g/mol. The third-order valence-corrected chi connectivity index (χ3v) is 4.13. The number of benzene rings is 2. The minimum atomic E-state index is -0.394. The van der Waals surface area contributed by atoms with Gasteiger partial charge in [0.15, 0.2) is 23.9 Å². The number of ether oxygens (including phenoxy) is 3. The van der Waals surface area contributed by atoms with Crippen LogP contribution in [0.4, 0.5) is 9.52 Å². The third kappa shape index (κ3) is 4.70. The highest BCUT2D eigenvalue weighted by Crippen LogP contribution is 2.32. The van der Waals surface area contributed by atoms with Crippen molar-refractivity contribution in [1.29, 1.82) is 0 Å². The first-order valence-electron chi connectivity index (χ1n) is 7.83. The highest BCUT2D eigenvalue weighted by atomic mass is 32.1. The molecule has 0 aliphatic rings. The molecule has 1 aromatic heterocycles. The van der Waals surface area contributed by atoms with Crippen LogP contribution >= 0.6 is 11.5 Å². The van der Waals surface area contributed by atoms with E-state index >= 15 is 0 Å². The molecule has 2 aromatic carbocycles. The number of carbonyl (C=O) groups excluding carboxylic acids is 1. The Morgan fingerprint density at radius 3 is 2.56 bits per heavy atom. The van der Waals surface area contributed by atoms with Crippen LogP contribution in [-0.2, 0) is 4.79 Å². The van der Waals surface area contributed by atoms with Crippen molar-refractivity contribution in [3.63, 3.8) is 0 Å². The van der Waals surface area contributed by atoms with E-state index in [1.165, 1.54) is 24.3 Å². The highest BCUT2D eigenvalue weighted by Gasteiger charge is 2.13. The number of amides is 1. The highest BCUT2D eigenvalue weighted by molar-refractivity contribution is 7.10. The van der Waals surface area contributed by atoms with Crippen molar-refractivity contribution in [2.75, 3.05) is 26.1 Å². The summed E-state index contributed by atoms with van der Waals surface area (Å²) in [4.78, 5) is 16.3. The quantitative estimate of drug-likeness (QED) is 0.667. The summed E-state index contributed by atoms with van der Waals surface area (Å²) in [5, 5.41) is 2.96. The van der Waals surface area contributed by atoms with Crippen molar-refractivity contribution in [1.82, 2.24) is 9.36 Å². The lowest BCUT2D eigenvalue weighted by atomic mass is 10.2. The molecule has 0 fully saturated rings.